The van der Waals surface area contributed by atoms with Gasteiger partial charge in [0.05, 0.1) is 5.69 Å². The van der Waals surface area contributed by atoms with Crippen molar-refractivity contribution in [1.29, 1.82) is 0 Å². The zero-order chi connectivity index (χ0) is 16.2. The molecule has 0 saturated carbocycles. The maximum Gasteiger partial charge on any atom is 0.141 e. The number of hydrogen-bond donors (Lipinski definition) is 3. The first kappa shape index (κ1) is 15.0. The lowest BCUT2D eigenvalue weighted by Gasteiger charge is -2.15. The second kappa shape index (κ2) is 6.44. The van der Waals surface area contributed by atoms with Crippen LogP contribution in [0.1, 0.15) is 11.1 Å². The lowest BCUT2D eigenvalue weighted by atomic mass is 10.2. The molecule has 116 valence electrons. The van der Waals surface area contributed by atoms with Crippen molar-refractivity contribution >= 4 is 22.7 Å². The predicted octanol–water partition coefficient (Wildman–Crippen LogP) is 5.50. The monoisotopic (exact) mass is 304 g/mol. The minimum Gasteiger partial charge on any atom is -0.506 e. The van der Waals surface area contributed by atoms with Gasteiger partial charge in [-0.05, 0) is 50.2 Å². The van der Waals surface area contributed by atoms with Crippen LogP contribution in [0.2, 0.25) is 0 Å². The van der Waals surface area contributed by atoms with Crippen molar-refractivity contribution in [3.63, 3.8) is 0 Å². The summed E-state index contributed by atoms with van der Waals surface area (Å²) in [5.74, 6) is 0.211. The van der Waals surface area contributed by atoms with Crippen LogP contribution in [0.15, 0.2) is 66.7 Å². The highest BCUT2D eigenvalue weighted by atomic mass is 16.3. The van der Waals surface area contributed by atoms with Crippen LogP contribution in [0, 0.1) is 13.8 Å². The Morgan fingerprint density at radius 2 is 1.17 bits per heavy atom. The van der Waals surface area contributed by atoms with Gasteiger partial charge in [-0.2, -0.15) is 0 Å². The van der Waals surface area contributed by atoms with E-state index in [9.17, 15) is 5.11 Å². The minimum absolute atomic E-state index is 0.211. The standard InChI is InChI=1S/C20H20N2O/c1-14-6-10-16(11-7-14)21-18-4-3-5-19(23)20(18)22-17-12-8-15(2)9-13-17/h3-13,21-23H,1-2H3. The number of aryl methyl sites for hydroxylation is 2. The molecule has 0 unspecified atom stereocenters. The molecule has 0 saturated heterocycles. The lowest BCUT2D eigenvalue weighted by molar-refractivity contribution is 0.478. The van der Waals surface area contributed by atoms with Gasteiger partial charge in [-0.1, -0.05) is 41.5 Å². The summed E-state index contributed by atoms with van der Waals surface area (Å²) >= 11 is 0. The fourth-order valence-electron chi connectivity index (χ4n) is 2.35. The van der Waals surface area contributed by atoms with E-state index in [1.54, 1.807) is 6.07 Å². The summed E-state index contributed by atoms with van der Waals surface area (Å²) in [5.41, 5.74) is 5.82. The van der Waals surface area contributed by atoms with Crippen LogP contribution in [-0.2, 0) is 0 Å². The van der Waals surface area contributed by atoms with Gasteiger partial charge in [0.1, 0.15) is 11.4 Å². The largest absolute Gasteiger partial charge is 0.506 e. The molecule has 3 heteroatoms. The molecule has 23 heavy (non-hydrogen) atoms. The first-order valence-electron chi connectivity index (χ1n) is 7.61. The van der Waals surface area contributed by atoms with Gasteiger partial charge in [0.25, 0.3) is 0 Å². The molecule has 0 aromatic heterocycles. The minimum atomic E-state index is 0.211. The average Bonchev–Trinajstić information content (AvgIpc) is 2.55. The zero-order valence-electron chi connectivity index (χ0n) is 13.3. The number of benzene rings is 3. The third-order valence-corrected chi connectivity index (χ3v) is 3.69. The quantitative estimate of drug-likeness (QED) is 0.558. The average molecular weight is 304 g/mol. The number of aromatic hydroxyl groups is 1. The first-order chi connectivity index (χ1) is 11.1. The molecule has 0 aliphatic carbocycles. The van der Waals surface area contributed by atoms with Gasteiger partial charge in [-0.3, -0.25) is 0 Å². The molecule has 0 heterocycles. The number of anilines is 4. The Kier molecular flexibility index (Phi) is 4.20. The van der Waals surface area contributed by atoms with Crippen molar-refractivity contribution in [2.45, 2.75) is 13.8 Å². The van der Waals surface area contributed by atoms with E-state index < -0.39 is 0 Å². The van der Waals surface area contributed by atoms with E-state index >= 15 is 0 Å². The maximum absolute atomic E-state index is 10.2. The summed E-state index contributed by atoms with van der Waals surface area (Å²) in [6.07, 6.45) is 0. The molecule has 0 atom stereocenters. The number of nitrogens with one attached hydrogen (secondary N) is 2. The maximum atomic E-state index is 10.2. The van der Waals surface area contributed by atoms with Crippen LogP contribution in [0.3, 0.4) is 0 Å². The highest BCUT2D eigenvalue weighted by molar-refractivity contribution is 5.82. The second-order valence-electron chi connectivity index (χ2n) is 5.68. The molecule has 3 aromatic carbocycles. The molecule has 0 bridgehead atoms. The topological polar surface area (TPSA) is 44.3 Å². The van der Waals surface area contributed by atoms with Crippen LogP contribution in [-0.4, -0.2) is 5.11 Å². The van der Waals surface area contributed by atoms with E-state index in [-0.39, 0.29) is 5.75 Å². The van der Waals surface area contributed by atoms with E-state index in [0.29, 0.717) is 5.69 Å². The third-order valence-electron chi connectivity index (χ3n) is 3.69. The molecule has 0 radical (unpaired) electrons. The van der Waals surface area contributed by atoms with Crippen LogP contribution < -0.4 is 10.6 Å². The van der Waals surface area contributed by atoms with Crippen LogP contribution >= 0.6 is 0 Å². The Hall–Kier alpha value is -2.94. The molecule has 0 amide bonds. The van der Waals surface area contributed by atoms with Crippen molar-refractivity contribution in [1.82, 2.24) is 0 Å². The van der Waals surface area contributed by atoms with Gasteiger partial charge in [0.15, 0.2) is 0 Å². The molecule has 3 rings (SSSR count). The molecule has 3 N–H and O–H groups in total. The Balaban J connectivity index is 1.90. The first-order valence-corrected chi connectivity index (χ1v) is 7.61. The van der Waals surface area contributed by atoms with Crippen LogP contribution in [0.4, 0.5) is 22.7 Å². The van der Waals surface area contributed by atoms with Gasteiger partial charge in [-0.15, -0.1) is 0 Å². The molecular weight excluding hydrogens is 284 g/mol. The van der Waals surface area contributed by atoms with Crippen LogP contribution in [0.25, 0.3) is 0 Å². The molecule has 0 aliphatic heterocycles. The highest BCUT2D eigenvalue weighted by Crippen LogP contribution is 2.35. The predicted molar refractivity (Wildman–Crippen MR) is 97.0 cm³/mol. The van der Waals surface area contributed by atoms with Crippen molar-refractivity contribution in [3.05, 3.63) is 77.9 Å². The smallest absolute Gasteiger partial charge is 0.141 e. The fourth-order valence-corrected chi connectivity index (χ4v) is 2.35. The zero-order valence-corrected chi connectivity index (χ0v) is 13.3. The van der Waals surface area contributed by atoms with Crippen molar-refractivity contribution in [2.24, 2.45) is 0 Å². The Bertz CT molecular complexity index is 793. The van der Waals surface area contributed by atoms with Crippen molar-refractivity contribution in [3.8, 4) is 5.75 Å². The summed E-state index contributed by atoms with van der Waals surface area (Å²) in [5, 5.41) is 16.9. The SMILES string of the molecule is Cc1ccc(Nc2cccc(O)c2Nc2ccc(C)cc2)cc1. The normalized spacial score (nSPS) is 10.3. The van der Waals surface area contributed by atoms with E-state index in [1.807, 2.05) is 55.5 Å². The molecule has 3 nitrogen and oxygen atoms in total. The second-order valence-corrected chi connectivity index (χ2v) is 5.68. The summed E-state index contributed by atoms with van der Waals surface area (Å²) in [6.45, 7) is 4.11. The van der Waals surface area contributed by atoms with Gasteiger partial charge in [-0.25, -0.2) is 0 Å². The van der Waals surface area contributed by atoms with Crippen LogP contribution in [0.5, 0.6) is 5.75 Å². The van der Waals surface area contributed by atoms with Crippen molar-refractivity contribution in [2.75, 3.05) is 10.6 Å². The third kappa shape index (κ3) is 3.64. The molecular formula is C20H20N2O. The number of hydrogen-bond acceptors (Lipinski definition) is 3. The van der Waals surface area contributed by atoms with E-state index in [0.717, 1.165) is 17.1 Å². The summed E-state index contributed by atoms with van der Waals surface area (Å²) < 4.78 is 0. The molecule has 0 aliphatic rings. The van der Waals surface area contributed by atoms with Gasteiger partial charge in [0, 0.05) is 11.4 Å². The summed E-state index contributed by atoms with van der Waals surface area (Å²) in [4.78, 5) is 0. The van der Waals surface area contributed by atoms with E-state index in [2.05, 4.69) is 29.7 Å². The van der Waals surface area contributed by atoms with Crippen molar-refractivity contribution < 1.29 is 5.11 Å². The molecule has 0 spiro atoms. The van der Waals surface area contributed by atoms with E-state index in [1.165, 1.54) is 11.1 Å². The Labute approximate surface area is 136 Å². The van der Waals surface area contributed by atoms with Gasteiger partial charge in [0.2, 0.25) is 0 Å². The van der Waals surface area contributed by atoms with Gasteiger partial charge >= 0.3 is 0 Å². The Morgan fingerprint density at radius 1 is 0.652 bits per heavy atom. The summed E-state index contributed by atoms with van der Waals surface area (Å²) in [7, 11) is 0. The number of phenols is 1. The fraction of sp³-hybridized carbons (Fsp3) is 0.100. The Morgan fingerprint density at radius 3 is 1.74 bits per heavy atom. The van der Waals surface area contributed by atoms with Gasteiger partial charge < -0.3 is 15.7 Å². The molecule has 3 aromatic rings. The lowest BCUT2D eigenvalue weighted by Crippen LogP contribution is -1.98. The van der Waals surface area contributed by atoms with E-state index in [4.69, 9.17) is 0 Å². The number of phenolic OH excluding ortho intramolecular Hbond substituents is 1. The number of para-hydroxylation sites is 1. The summed E-state index contributed by atoms with van der Waals surface area (Å²) in [6, 6.07) is 21.7. The molecule has 0 fully saturated rings. The highest BCUT2D eigenvalue weighted by Gasteiger charge is 2.08. The number of rotatable bonds is 4.